The second kappa shape index (κ2) is 11.6. The van der Waals surface area contributed by atoms with Crippen LogP contribution in [0.25, 0.3) is 11.3 Å². The van der Waals surface area contributed by atoms with Crippen LogP contribution in [0.5, 0.6) is 0 Å². The SMILES string of the molecule is CN1CCN(CCCN(C(=O)O)c2cccc(Cn3nc(-c4cc(F)c(F)c(F)c4)ccc3=O)c2)CC1. The Labute approximate surface area is 212 Å². The van der Waals surface area contributed by atoms with Crippen LogP contribution < -0.4 is 10.5 Å². The number of likely N-dealkylation sites (N-methyl/N-ethyl adjacent to an activating group) is 1. The lowest BCUT2D eigenvalue weighted by Crippen LogP contribution is -2.45. The van der Waals surface area contributed by atoms with Gasteiger partial charge in [-0.05, 0) is 55.9 Å². The molecule has 4 rings (SSSR count). The monoisotopic (exact) mass is 515 g/mol. The topological polar surface area (TPSA) is 81.9 Å². The summed E-state index contributed by atoms with van der Waals surface area (Å²) in [5.74, 6) is -4.30. The molecule has 0 unspecified atom stereocenters. The summed E-state index contributed by atoms with van der Waals surface area (Å²) in [5.41, 5.74) is 0.696. The second-order valence-electron chi connectivity index (χ2n) is 9.07. The number of halogens is 3. The maximum absolute atomic E-state index is 13.7. The first-order valence-corrected chi connectivity index (χ1v) is 11.9. The number of hydrogen-bond acceptors (Lipinski definition) is 5. The van der Waals surface area contributed by atoms with Crippen molar-refractivity contribution in [2.75, 3.05) is 51.2 Å². The van der Waals surface area contributed by atoms with Gasteiger partial charge < -0.3 is 14.9 Å². The molecule has 37 heavy (non-hydrogen) atoms. The lowest BCUT2D eigenvalue weighted by molar-refractivity contribution is 0.153. The molecule has 1 aliphatic heterocycles. The molecule has 0 atom stereocenters. The maximum Gasteiger partial charge on any atom is 0.411 e. The van der Waals surface area contributed by atoms with Gasteiger partial charge in [0.05, 0.1) is 12.2 Å². The Morgan fingerprint density at radius 2 is 1.73 bits per heavy atom. The van der Waals surface area contributed by atoms with Gasteiger partial charge in [0.15, 0.2) is 17.5 Å². The Morgan fingerprint density at radius 3 is 2.41 bits per heavy atom. The van der Waals surface area contributed by atoms with Crippen molar-refractivity contribution >= 4 is 11.8 Å². The molecule has 1 aliphatic rings. The highest BCUT2D eigenvalue weighted by atomic mass is 19.2. The first kappa shape index (κ1) is 26.4. The average Bonchev–Trinajstić information content (AvgIpc) is 2.87. The quantitative estimate of drug-likeness (QED) is 0.463. The van der Waals surface area contributed by atoms with Gasteiger partial charge in [0.1, 0.15) is 0 Å². The van der Waals surface area contributed by atoms with Crippen LogP contribution in [-0.2, 0) is 6.54 Å². The highest BCUT2D eigenvalue weighted by Crippen LogP contribution is 2.22. The smallest absolute Gasteiger partial charge is 0.411 e. The van der Waals surface area contributed by atoms with E-state index in [0.29, 0.717) is 24.2 Å². The zero-order valence-corrected chi connectivity index (χ0v) is 20.4. The van der Waals surface area contributed by atoms with Crippen LogP contribution in [0.15, 0.2) is 53.3 Å². The van der Waals surface area contributed by atoms with Crippen LogP contribution in [-0.4, -0.2) is 77.1 Å². The van der Waals surface area contributed by atoms with Crippen molar-refractivity contribution in [2.45, 2.75) is 13.0 Å². The molecular formula is C26H28F3N5O3. The molecule has 1 saturated heterocycles. The minimum absolute atomic E-state index is 0.00142. The van der Waals surface area contributed by atoms with E-state index in [-0.39, 0.29) is 17.8 Å². The summed E-state index contributed by atoms with van der Waals surface area (Å²) in [6.45, 7) is 5.01. The van der Waals surface area contributed by atoms with E-state index in [9.17, 15) is 27.9 Å². The summed E-state index contributed by atoms with van der Waals surface area (Å²) < 4.78 is 41.8. The minimum Gasteiger partial charge on any atom is -0.465 e. The van der Waals surface area contributed by atoms with Gasteiger partial charge in [-0.2, -0.15) is 5.10 Å². The number of amides is 1. The zero-order chi connectivity index (χ0) is 26.5. The highest BCUT2D eigenvalue weighted by molar-refractivity contribution is 5.86. The number of rotatable bonds is 8. The van der Waals surface area contributed by atoms with E-state index >= 15 is 0 Å². The number of nitrogens with zero attached hydrogens (tertiary/aromatic N) is 5. The largest absolute Gasteiger partial charge is 0.465 e. The number of carboxylic acid groups (broad SMARTS) is 1. The molecule has 2 aromatic carbocycles. The third kappa shape index (κ3) is 6.55. The van der Waals surface area contributed by atoms with Crippen LogP contribution in [0.1, 0.15) is 12.0 Å². The molecule has 0 saturated carbocycles. The highest BCUT2D eigenvalue weighted by Gasteiger charge is 2.18. The lowest BCUT2D eigenvalue weighted by Gasteiger charge is -2.32. The van der Waals surface area contributed by atoms with Crippen LogP contribution in [0, 0.1) is 17.5 Å². The van der Waals surface area contributed by atoms with Crippen molar-refractivity contribution in [3.05, 3.63) is 81.9 Å². The van der Waals surface area contributed by atoms with E-state index in [1.165, 1.54) is 17.0 Å². The molecule has 8 nitrogen and oxygen atoms in total. The molecular weight excluding hydrogens is 487 g/mol. The van der Waals surface area contributed by atoms with Gasteiger partial charge in [0.2, 0.25) is 0 Å². The Balaban J connectivity index is 1.49. The van der Waals surface area contributed by atoms with E-state index in [4.69, 9.17) is 0 Å². The summed E-state index contributed by atoms with van der Waals surface area (Å²) >= 11 is 0. The molecule has 1 N–H and O–H groups in total. The zero-order valence-electron chi connectivity index (χ0n) is 20.4. The number of hydrogen-bond donors (Lipinski definition) is 1. The Morgan fingerprint density at radius 1 is 1.03 bits per heavy atom. The average molecular weight is 516 g/mol. The lowest BCUT2D eigenvalue weighted by atomic mass is 10.1. The fourth-order valence-electron chi connectivity index (χ4n) is 4.27. The van der Waals surface area contributed by atoms with Gasteiger partial charge in [0.25, 0.3) is 5.56 Å². The van der Waals surface area contributed by atoms with E-state index < -0.39 is 29.1 Å². The van der Waals surface area contributed by atoms with Crippen molar-refractivity contribution in [1.82, 2.24) is 19.6 Å². The Hall–Kier alpha value is -3.70. The van der Waals surface area contributed by atoms with Crippen LogP contribution >= 0.6 is 0 Å². The van der Waals surface area contributed by atoms with Crippen molar-refractivity contribution in [3.63, 3.8) is 0 Å². The summed E-state index contributed by atoms with van der Waals surface area (Å²) in [7, 11) is 2.08. The summed E-state index contributed by atoms with van der Waals surface area (Å²) in [4.78, 5) is 30.2. The van der Waals surface area contributed by atoms with Crippen molar-refractivity contribution < 1.29 is 23.1 Å². The fraction of sp³-hybridized carbons (Fsp3) is 0.346. The maximum atomic E-state index is 13.7. The number of anilines is 1. The molecule has 0 bridgehead atoms. The fourth-order valence-corrected chi connectivity index (χ4v) is 4.27. The Kier molecular flexibility index (Phi) is 8.24. The number of piperazine rings is 1. The first-order chi connectivity index (χ1) is 17.7. The second-order valence-corrected chi connectivity index (χ2v) is 9.07. The molecule has 196 valence electrons. The van der Waals surface area contributed by atoms with Crippen molar-refractivity contribution in [1.29, 1.82) is 0 Å². The van der Waals surface area contributed by atoms with Crippen LogP contribution in [0.2, 0.25) is 0 Å². The molecule has 11 heteroatoms. The predicted molar refractivity (Wildman–Crippen MR) is 133 cm³/mol. The van der Waals surface area contributed by atoms with Gasteiger partial charge in [-0.3, -0.25) is 9.69 Å². The van der Waals surface area contributed by atoms with E-state index in [1.807, 2.05) is 0 Å². The molecule has 0 spiro atoms. The summed E-state index contributed by atoms with van der Waals surface area (Å²) in [6.07, 6.45) is -0.401. The summed E-state index contributed by atoms with van der Waals surface area (Å²) in [5, 5.41) is 14.0. The number of carbonyl (C=O) groups is 1. The molecule has 0 radical (unpaired) electrons. The van der Waals surface area contributed by atoms with E-state index in [1.54, 1.807) is 24.3 Å². The van der Waals surface area contributed by atoms with Gasteiger partial charge in [-0.1, -0.05) is 12.1 Å². The number of benzene rings is 2. The van der Waals surface area contributed by atoms with Gasteiger partial charge >= 0.3 is 6.09 Å². The standard InChI is InChI=1S/C26H28F3N5O3/c1-31-10-12-32(13-11-31)8-3-9-33(26(36)37)20-5-2-4-18(14-20)17-34-24(35)7-6-23(30-34)19-15-21(27)25(29)22(28)16-19/h2,4-7,14-16H,3,8-13,17H2,1H3,(H,36,37). The normalized spacial score (nSPS) is 14.6. The third-order valence-corrected chi connectivity index (χ3v) is 6.38. The van der Waals surface area contributed by atoms with Crippen LogP contribution in [0.4, 0.5) is 23.7 Å². The van der Waals surface area contributed by atoms with E-state index in [2.05, 4.69) is 21.9 Å². The molecule has 1 amide bonds. The van der Waals surface area contributed by atoms with Gasteiger partial charge in [-0.15, -0.1) is 0 Å². The predicted octanol–water partition coefficient (Wildman–Crippen LogP) is 3.50. The summed E-state index contributed by atoms with van der Waals surface area (Å²) in [6, 6.07) is 10.9. The Bertz CT molecular complexity index is 1300. The van der Waals surface area contributed by atoms with Crippen molar-refractivity contribution in [2.24, 2.45) is 0 Å². The van der Waals surface area contributed by atoms with Gasteiger partial charge in [0, 0.05) is 50.0 Å². The molecule has 3 aromatic rings. The van der Waals surface area contributed by atoms with Gasteiger partial charge in [-0.25, -0.2) is 22.6 Å². The minimum atomic E-state index is -1.58. The number of aromatic nitrogens is 2. The first-order valence-electron chi connectivity index (χ1n) is 11.9. The molecule has 0 aliphatic carbocycles. The van der Waals surface area contributed by atoms with Crippen molar-refractivity contribution in [3.8, 4) is 11.3 Å². The van der Waals surface area contributed by atoms with E-state index in [0.717, 1.165) is 49.5 Å². The van der Waals surface area contributed by atoms with Crippen LogP contribution in [0.3, 0.4) is 0 Å². The third-order valence-electron chi connectivity index (χ3n) is 6.38. The molecule has 2 heterocycles. The molecule has 1 fully saturated rings. The molecule has 1 aromatic heterocycles.